The zero-order chi connectivity index (χ0) is 11.7. The molecule has 0 fully saturated rings. The minimum absolute atomic E-state index is 0.129. The predicted molar refractivity (Wildman–Crippen MR) is 65.6 cm³/mol. The van der Waals surface area contributed by atoms with Gasteiger partial charge in [0.15, 0.2) is 0 Å². The Morgan fingerprint density at radius 3 is 2.82 bits per heavy atom. The molecular formula is C13H9N3O. The minimum Gasteiger partial charge on any atom is -0.320 e. The van der Waals surface area contributed by atoms with E-state index in [1.165, 1.54) is 6.07 Å². The van der Waals surface area contributed by atoms with Gasteiger partial charge in [-0.2, -0.15) is 0 Å². The SMILES string of the molecule is O=c1ccc2nccc(-c3cccnc3)c2[nH]1. The van der Waals surface area contributed by atoms with E-state index in [-0.39, 0.29) is 5.56 Å². The number of pyridine rings is 3. The van der Waals surface area contributed by atoms with Gasteiger partial charge in [0.1, 0.15) is 0 Å². The molecule has 3 aromatic heterocycles. The van der Waals surface area contributed by atoms with Crippen LogP contribution < -0.4 is 5.56 Å². The van der Waals surface area contributed by atoms with Crippen LogP contribution in [0.1, 0.15) is 0 Å². The molecule has 1 N–H and O–H groups in total. The zero-order valence-corrected chi connectivity index (χ0v) is 8.92. The van der Waals surface area contributed by atoms with Crippen molar-refractivity contribution in [2.24, 2.45) is 0 Å². The fourth-order valence-electron chi connectivity index (χ4n) is 1.82. The first-order valence-corrected chi connectivity index (χ1v) is 5.23. The van der Waals surface area contributed by atoms with Gasteiger partial charge >= 0.3 is 0 Å². The molecule has 0 bridgehead atoms. The molecule has 0 aliphatic carbocycles. The van der Waals surface area contributed by atoms with E-state index in [9.17, 15) is 4.79 Å². The van der Waals surface area contributed by atoms with E-state index in [0.29, 0.717) is 0 Å². The van der Waals surface area contributed by atoms with Gasteiger partial charge in [-0.1, -0.05) is 6.07 Å². The maximum absolute atomic E-state index is 11.4. The van der Waals surface area contributed by atoms with Crippen LogP contribution in [0.4, 0.5) is 0 Å². The summed E-state index contributed by atoms with van der Waals surface area (Å²) in [5, 5.41) is 0. The summed E-state index contributed by atoms with van der Waals surface area (Å²) in [6, 6.07) is 8.88. The highest BCUT2D eigenvalue weighted by atomic mass is 16.1. The molecule has 82 valence electrons. The molecule has 0 amide bonds. The quantitative estimate of drug-likeness (QED) is 0.686. The van der Waals surface area contributed by atoms with E-state index >= 15 is 0 Å². The number of aromatic nitrogens is 3. The van der Waals surface area contributed by atoms with Crippen LogP contribution in [-0.4, -0.2) is 15.0 Å². The van der Waals surface area contributed by atoms with Gasteiger partial charge in [0.05, 0.1) is 11.0 Å². The van der Waals surface area contributed by atoms with Crippen LogP contribution in [0.25, 0.3) is 22.2 Å². The van der Waals surface area contributed by atoms with E-state index in [1.807, 2.05) is 18.2 Å². The van der Waals surface area contributed by atoms with Gasteiger partial charge in [-0.05, 0) is 18.2 Å². The lowest BCUT2D eigenvalue weighted by molar-refractivity contribution is 1.27. The summed E-state index contributed by atoms with van der Waals surface area (Å²) in [6.45, 7) is 0. The fourth-order valence-corrected chi connectivity index (χ4v) is 1.82. The summed E-state index contributed by atoms with van der Waals surface area (Å²) in [5.74, 6) is 0. The molecule has 3 heterocycles. The van der Waals surface area contributed by atoms with Crippen LogP contribution in [-0.2, 0) is 0 Å². The Balaban J connectivity index is 2.37. The van der Waals surface area contributed by atoms with Crippen LogP contribution in [0.15, 0.2) is 53.7 Å². The molecule has 0 aromatic carbocycles. The van der Waals surface area contributed by atoms with Crippen molar-refractivity contribution >= 4 is 11.0 Å². The molecule has 0 aliphatic rings. The zero-order valence-electron chi connectivity index (χ0n) is 8.92. The molecule has 0 aliphatic heterocycles. The normalized spacial score (nSPS) is 10.6. The largest absolute Gasteiger partial charge is 0.320 e. The summed E-state index contributed by atoms with van der Waals surface area (Å²) in [6.07, 6.45) is 5.21. The second kappa shape index (κ2) is 3.83. The van der Waals surface area contributed by atoms with Gasteiger partial charge in [0.25, 0.3) is 0 Å². The van der Waals surface area contributed by atoms with E-state index in [0.717, 1.165) is 22.2 Å². The summed E-state index contributed by atoms with van der Waals surface area (Å²) >= 11 is 0. The fraction of sp³-hybridized carbons (Fsp3) is 0. The van der Waals surface area contributed by atoms with Crippen molar-refractivity contribution in [2.75, 3.05) is 0 Å². The summed E-state index contributed by atoms with van der Waals surface area (Å²) in [5.41, 5.74) is 3.28. The Hall–Kier alpha value is -2.49. The molecule has 3 aromatic rings. The molecule has 0 radical (unpaired) electrons. The number of nitrogens with zero attached hydrogens (tertiary/aromatic N) is 2. The first-order valence-electron chi connectivity index (χ1n) is 5.23. The second-order valence-electron chi connectivity index (χ2n) is 3.68. The molecule has 4 heteroatoms. The number of H-pyrrole nitrogens is 1. The molecule has 0 saturated carbocycles. The van der Waals surface area contributed by atoms with Gasteiger partial charge in [-0.3, -0.25) is 14.8 Å². The van der Waals surface area contributed by atoms with Crippen molar-refractivity contribution in [1.29, 1.82) is 0 Å². The summed E-state index contributed by atoms with van der Waals surface area (Å²) < 4.78 is 0. The molecule has 0 atom stereocenters. The van der Waals surface area contributed by atoms with Gasteiger partial charge in [-0.25, -0.2) is 0 Å². The van der Waals surface area contributed by atoms with Crippen molar-refractivity contribution in [3.8, 4) is 11.1 Å². The minimum atomic E-state index is -0.129. The third-order valence-corrected chi connectivity index (χ3v) is 2.59. The Morgan fingerprint density at radius 1 is 1.06 bits per heavy atom. The summed E-state index contributed by atoms with van der Waals surface area (Å²) in [4.78, 5) is 22.5. The highest BCUT2D eigenvalue weighted by Gasteiger charge is 2.04. The standard InChI is InChI=1S/C13H9N3O/c17-12-4-3-11-13(16-12)10(5-7-15-11)9-2-1-6-14-8-9/h1-8H,(H,16,17). The smallest absolute Gasteiger partial charge is 0.248 e. The summed E-state index contributed by atoms with van der Waals surface area (Å²) in [7, 11) is 0. The van der Waals surface area contributed by atoms with E-state index in [2.05, 4.69) is 15.0 Å². The molecule has 17 heavy (non-hydrogen) atoms. The topological polar surface area (TPSA) is 58.6 Å². The highest BCUT2D eigenvalue weighted by molar-refractivity contribution is 5.90. The highest BCUT2D eigenvalue weighted by Crippen LogP contribution is 2.23. The second-order valence-corrected chi connectivity index (χ2v) is 3.68. The van der Waals surface area contributed by atoms with E-state index < -0.39 is 0 Å². The van der Waals surface area contributed by atoms with Crippen LogP contribution >= 0.6 is 0 Å². The third kappa shape index (κ3) is 1.69. The molecule has 4 nitrogen and oxygen atoms in total. The van der Waals surface area contributed by atoms with Crippen molar-refractivity contribution < 1.29 is 0 Å². The molecule has 0 spiro atoms. The van der Waals surface area contributed by atoms with E-state index in [1.54, 1.807) is 24.7 Å². The Kier molecular flexibility index (Phi) is 2.19. The van der Waals surface area contributed by atoms with Crippen LogP contribution in [0.3, 0.4) is 0 Å². The lowest BCUT2D eigenvalue weighted by atomic mass is 10.1. The Bertz CT molecular complexity index is 719. The van der Waals surface area contributed by atoms with Crippen molar-refractivity contribution in [3.63, 3.8) is 0 Å². The van der Waals surface area contributed by atoms with Crippen LogP contribution in [0.5, 0.6) is 0 Å². The van der Waals surface area contributed by atoms with E-state index in [4.69, 9.17) is 0 Å². The number of nitrogens with one attached hydrogen (secondary N) is 1. The number of hydrogen-bond donors (Lipinski definition) is 1. The maximum Gasteiger partial charge on any atom is 0.248 e. The molecular weight excluding hydrogens is 214 g/mol. The lowest BCUT2D eigenvalue weighted by Gasteiger charge is -2.04. The van der Waals surface area contributed by atoms with Crippen LogP contribution in [0, 0.1) is 0 Å². The van der Waals surface area contributed by atoms with Gasteiger partial charge in [0.2, 0.25) is 5.56 Å². The first kappa shape index (κ1) is 9.72. The average Bonchev–Trinajstić information content (AvgIpc) is 2.39. The molecule has 3 rings (SSSR count). The Labute approximate surface area is 97.0 Å². The molecule has 0 unspecified atom stereocenters. The van der Waals surface area contributed by atoms with Crippen molar-refractivity contribution in [2.45, 2.75) is 0 Å². The van der Waals surface area contributed by atoms with Gasteiger partial charge in [-0.15, -0.1) is 0 Å². The first-order chi connectivity index (χ1) is 8.34. The third-order valence-electron chi connectivity index (χ3n) is 2.59. The number of rotatable bonds is 1. The number of aromatic amines is 1. The predicted octanol–water partition coefficient (Wildman–Crippen LogP) is 1.99. The monoisotopic (exact) mass is 223 g/mol. The van der Waals surface area contributed by atoms with Crippen molar-refractivity contribution in [1.82, 2.24) is 15.0 Å². The lowest BCUT2D eigenvalue weighted by Crippen LogP contribution is -2.03. The van der Waals surface area contributed by atoms with Gasteiger partial charge in [0, 0.05) is 35.8 Å². The molecule has 0 saturated heterocycles. The van der Waals surface area contributed by atoms with Crippen molar-refractivity contribution in [3.05, 3.63) is 59.3 Å². The maximum atomic E-state index is 11.4. The number of hydrogen-bond acceptors (Lipinski definition) is 3. The Morgan fingerprint density at radius 2 is 2.00 bits per heavy atom. The number of fused-ring (bicyclic) bond motifs is 1. The van der Waals surface area contributed by atoms with Gasteiger partial charge < -0.3 is 4.98 Å². The average molecular weight is 223 g/mol. The van der Waals surface area contributed by atoms with Crippen LogP contribution in [0.2, 0.25) is 0 Å².